The van der Waals surface area contributed by atoms with Crippen molar-refractivity contribution >= 4 is 15.9 Å². The predicted molar refractivity (Wildman–Crippen MR) is 63.7 cm³/mol. The maximum atomic E-state index is 11.4. The summed E-state index contributed by atoms with van der Waals surface area (Å²) in [5.41, 5.74) is 0.537. The molecule has 5 nitrogen and oxygen atoms in total. The highest BCUT2D eigenvalue weighted by molar-refractivity contribution is 9.10. The second-order valence-electron chi connectivity index (χ2n) is 3.27. The van der Waals surface area contributed by atoms with E-state index in [0.29, 0.717) is 42.2 Å². The fourth-order valence-corrected chi connectivity index (χ4v) is 1.35. The van der Waals surface area contributed by atoms with Crippen molar-refractivity contribution in [2.75, 3.05) is 26.9 Å². The lowest BCUT2D eigenvalue weighted by Crippen LogP contribution is -2.16. The van der Waals surface area contributed by atoms with Crippen molar-refractivity contribution < 1.29 is 9.47 Å². The monoisotopic (exact) mass is 290 g/mol. The molecule has 0 bridgehead atoms. The summed E-state index contributed by atoms with van der Waals surface area (Å²) in [5, 5.41) is 0. The van der Waals surface area contributed by atoms with E-state index in [4.69, 9.17) is 9.47 Å². The normalized spacial score (nSPS) is 10.7. The average Bonchev–Trinajstić information content (AvgIpc) is 2.25. The topological polar surface area (TPSA) is 64.2 Å². The van der Waals surface area contributed by atoms with Gasteiger partial charge in [0, 0.05) is 13.5 Å². The smallest absolute Gasteiger partial charge is 0.265 e. The molecule has 90 valence electrons. The Hall–Kier alpha value is -0.720. The van der Waals surface area contributed by atoms with Crippen LogP contribution in [0.15, 0.2) is 9.27 Å². The van der Waals surface area contributed by atoms with Gasteiger partial charge in [-0.3, -0.25) is 4.79 Å². The molecule has 0 aliphatic rings. The molecule has 0 radical (unpaired) electrons. The molecular weight excluding hydrogens is 276 g/mol. The van der Waals surface area contributed by atoms with Gasteiger partial charge in [0.15, 0.2) is 0 Å². The number of aryl methyl sites for hydroxylation is 1. The largest absolute Gasteiger partial charge is 0.382 e. The Bertz CT molecular complexity index is 392. The molecule has 0 amide bonds. The summed E-state index contributed by atoms with van der Waals surface area (Å²) in [7, 11) is 1.63. The first-order valence-corrected chi connectivity index (χ1v) is 5.76. The van der Waals surface area contributed by atoms with Gasteiger partial charge in [0.25, 0.3) is 5.56 Å². The molecule has 1 aromatic heterocycles. The standard InChI is InChI=1S/C10H15BrN2O3/c1-7-9(11)10(14)13-8(12-7)3-4-16-6-5-15-2/h3-6H2,1-2H3,(H,12,13,14). The fraction of sp³-hybridized carbons (Fsp3) is 0.600. The average molecular weight is 291 g/mol. The van der Waals surface area contributed by atoms with Gasteiger partial charge in [0.2, 0.25) is 0 Å². The first-order valence-electron chi connectivity index (χ1n) is 4.97. The van der Waals surface area contributed by atoms with Gasteiger partial charge in [-0.1, -0.05) is 0 Å². The van der Waals surface area contributed by atoms with Gasteiger partial charge in [0.05, 0.1) is 25.5 Å². The summed E-state index contributed by atoms with van der Waals surface area (Å²) >= 11 is 3.16. The number of methoxy groups -OCH3 is 1. The number of aromatic amines is 1. The zero-order valence-corrected chi connectivity index (χ0v) is 11.0. The van der Waals surface area contributed by atoms with Crippen LogP contribution in [-0.2, 0) is 15.9 Å². The molecule has 0 aromatic carbocycles. The van der Waals surface area contributed by atoms with Crippen molar-refractivity contribution in [2.45, 2.75) is 13.3 Å². The summed E-state index contributed by atoms with van der Waals surface area (Å²) < 4.78 is 10.6. The van der Waals surface area contributed by atoms with E-state index in [1.54, 1.807) is 14.0 Å². The zero-order valence-electron chi connectivity index (χ0n) is 9.38. The minimum absolute atomic E-state index is 0.153. The lowest BCUT2D eigenvalue weighted by molar-refractivity contribution is 0.0716. The van der Waals surface area contributed by atoms with Crippen LogP contribution < -0.4 is 5.56 Å². The highest BCUT2D eigenvalue weighted by Gasteiger charge is 2.04. The highest BCUT2D eigenvalue weighted by atomic mass is 79.9. The third-order valence-electron chi connectivity index (χ3n) is 1.99. The van der Waals surface area contributed by atoms with Crippen LogP contribution in [0.25, 0.3) is 0 Å². The predicted octanol–water partition coefficient (Wildman–Crippen LogP) is 1.05. The summed E-state index contributed by atoms with van der Waals surface area (Å²) in [6, 6.07) is 0. The molecule has 1 aromatic rings. The maximum Gasteiger partial charge on any atom is 0.265 e. The minimum Gasteiger partial charge on any atom is -0.382 e. The second kappa shape index (κ2) is 6.78. The van der Waals surface area contributed by atoms with Crippen LogP contribution in [0.4, 0.5) is 0 Å². The molecule has 0 spiro atoms. The molecule has 0 fully saturated rings. The number of H-pyrrole nitrogens is 1. The number of rotatable bonds is 6. The number of nitrogens with zero attached hydrogens (tertiary/aromatic N) is 1. The van der Waals surface area contributed by atoms with Crippen molar-refractivity contribution in [1.29, 1.82) is 0 Å². The SMILES string of the molecule is COCCOCCc1nc(C)c(Br)c(=O)[nH]1. The number of aromatic nitrogens is 2. The van der Waals surface area contributed by atoms with Crippen molar-refractivity contribution in [1.82, 2.24) is 9.97 Å². The Morgan fingerprint density at radius 3 is 2.75 bits per heavy atom. The molecule has 1 N–H and O–H groups in total. The van der Waals surface area contributed by atoms with Gasteiger partial charge in [-0.2, -0.15) is 0 Å². The maximum absolute atomic E-state index is 11.4. The molecule has 1 heterocycles. The van der Waals surface area contributed by atoms with Crippen LogP contribution >= 0.6 is 15.9 Å². The third-order valence-corrected chi connectivity index (χ3v) is 2.93. The minimum atomic E-state index is -0.153. The van der Waals surface area contributed by atoms with E-state index in [9.17, 15) is 4.79 Å². The van der Waals surface area contributed by atoms with Crippen LogP contribution in [0, 0.1) is 6.92 Å². The number of halogens is 1. The van der Waals surface area contributed by atoms with Crippen molar-refractivity contribution in [3.63, 3.8) is 0 Å². The molecule has 0 aliphatic heterocycles. The number of ether oxygens (including phenoxy) is 2. The second-order valence-corrected chi connectivity index (χ2v) is 4.06. The van der Waals surface area contributed by atoms with Crippen LogP contribution in [0.1, 0.15) is 11.5 Å². The Morgan fingerprint density at radius 1 is 1.38 bits per heavy atom. The number of nitrogens with one attached hydrogen (secondary N) is 1. The Balaban J connectivity index is 2.46. The molecule has 0 unspecified atom stereocenters. The van der Waals surface area contributed by atoms with Crippen LogP contribution in [-0.4, -0.2) is 36.9 Å². The lowest BCUT2D eigenvalue weighted by Gasteiger charge is -2.04. The van der Waals surface area contributed by atoms with E-state index in [1.165, 1.54) is 0 Å². The van der Waals surface area contributed by atoms with Gasteiger partial charge >= 0.3 is 0 Å². The molecule has 0 atom stereocenters. The Labute approximate surface area is 102 Å². The number of hydrogen-bond acceptors (Lipinski definition) is 4. The Morgan fingerprint density at radius 2 is 2.12 bits per heavy atom. The van der Waals surface area contributed by atoms with Crippen molar-refractivity contribution in [2.24, 2.45) is 0 Å². The molecule has 0 aliphatic carbocycles. The molecule has 0 saturated carbocycles. The first-order chi connectivity index (χ1) is 7.65. The molecule has 0 saturated heterocycles. The van der Waals surface area contributed by atoms with Gasteiger partial charge in [-0.15, -0.1) is 0 Å². The van der Waals surface area contributed by atoms with Gasteiger partial charge < -0.3 is 14.5 Å². The lowest BCUT2D eigenvalue weighted by atomic mass is 10.4. The van der Waals surface area contributed by atoms with Gasteiger partial charge in [-0.05, 0) is 22.9 Å². The van der Waals surface area contributed by atoms with E-state index < -0.39 is 0 Å². The summed E-state index contributed by atoms with van der Waals surface area (Å²) in [5.74, 6) is 0.642. The van der Waals surface area contributed by atoms with E-state index in [2.05, 4.69) is 25.9 Å². The highest BCUT2D eigenvalue weighted by Crippen LogP contribution is 2.06. The van der Waals surface area contributed by atoms with Gasteiger partial charge in [-0.25, -0.2) is 4.98 Å². The van der Waals surface area contributed by atoms with E-state index in [-0.39, 0.29) is 5.56 Å². The van der Waals surface area contributed by atoms with Crippen LogP contribution in [0.3, 0.4) is 0 Å². The molecule has 16 heavy (non-hydrogen) atoms. The summed E-state index contributed by atoms with van der Waals surface area (Å²) in [6.45, 7) is 3.43. The van der Waals surface area contributed by atoms with E-state index in [1.807, 2.05) is 0 Å². The zero-order chi connectivity index (χ0) is 12.0. The summed E-state index contributed by atoms with van der Waals surface area (Å²) in [6.07, 6.45) is 0.590. The molecule has 1 rings (SSSR count). The third kappa shape index (κ3) is 4.03. The van der Waals surface area contributed by atoms with Crippen LogP contribution in [0.5, 0.6) is 0 Å². The van der Waals surface area contributed by atoms with Crippen molar-refractivity contribution in [3.8, 4) is 0 Å². The molecule has 6 heteroatoms. The van der Waals surface area contributed by atoms with Crippen molar-refractivity contribution in [3.05, 3.63) is 26.3 Å². The van der Waals surface area contributed by atoms with Gasteiger partial charge in [0.1, 0.15) is 10.3 Å². The molecular formula is C10H15BrN2O3. The van der Waals surface area contributed by atoms with Crippen LogP contribution in [0.2, 0.25) is 0 Å². The first kappa shape index (κ1) is 13.3. The number of hydrogen-bond donors (Lipinski definition) is 1. The fourth-order valence-electron chi connectivity index (χ4n) is 1.16. The Kier molecular flexibility index (Phi) is 5.65. The quantitative estimate of drug-likeness (QED) is 0.796. The summed E-state index contributed by atoms with van der Waals surface area (Å²) in [4.78, 5) is 18.3. The van der Waals surface area contributed by atoms with E-state index in [0.717, 1.165) is 0 Å². The van der Waals surface area contributed by atoms with E-state index >= 15 is 0 Å².